The molecule has 9 heteroatoms. The minimum absolute atomic E-state index is 0.00672. The van der Waals surface area contributed by atoms with Crippen molar-refractivity contribution in [2.75, 3.05) is 6.61 Å². The molecule has 100 valence electrons. The molecule has 2 rings (SSSR count). The van der Waals surface area contributed by atoms with E-state index in [1.54, 1.807) is 0 Å². The van der Waals surface area contributed by atoms with Crippen LogP contribution in [0.15, 0.2) is 10.7 Å². The van der Waals surface area contributed by atoms with Gasteiger partial charge < -0.3 is 25.8 Å². The zero-order valence-electron chi connectivity index (χ0n) is 9.10. The summed E-state index contributed by atoms with van der Waals surface area (Å²) in [5.74, 6) is -0.729. The van der Waals surface area contributed by atoms with Gasteiger partial charge in [-0.2, -0.15) is 5.10 Å². The number of nitrogens with two attached hydrogens (primary N) is 1. The fourth-order valence-corrected chi connectivity index (χ4v) is 2.25. The Morgan fingerprint density at radius 3 is 2.67 bits per heavy atom. The van der Waals surface area contributed by atoms with Gasteiger partial charge in [0.05, 0.1) is 11.1 Å². The molecule has 0 aliphatic carbocycles. The fourth-order valence-electron chi connectivity index (χ4n) is 1.77. The predicted molar refractivity (Wildman–Crippen MR) is 61.5 cm³/mol. The Morgan fingerprint density at radius 1 is 1.56 bits per heavy atom. The van der Waals surface area contributed by atoms with Crippen molar-refractivity contribution >= 4 is 21.8 Å². The van der Waals surface area contributed by atoms with Crippen LogP contribution >= 0.6 is 15.9 Å². The maximum atomic E-state index is 11.0. The van der Waals surface area contributed by atoms with Crippen LogP contribution in [-0.4, -0.2) is 55.9 Å². The van der Waals surface area contributed by atoms with Gasteiger partial charge in [-0.25, -0.2) is 4.68 Å². The second-order valence-electron chi connectivity index (χ2n) is 3.90. The van der Waals surface area contributed by atoms with Crippen molar-refractivity contribution in [3.05, 3.63) is 16.4 Å². The van der Waals surface area contributed by atoms with Crippen LogP contribution in [0.25, 0.3) is 0 Å². The first-order valence-corrected chi connectivity index (χ1v) is 5.92. The SMILES string of the molecule is NC(=O)c1nn([C@@H]2O[C@H](CO)[C@@H](O)[C@H]2O)cc1Br. The van der Waals surface area contributed by atoms with E-state index in [1.807, 2.05) is 0 Å². The van der Waals surface area contributed by atoms with Crippen molar-refractivity contribution in [2.24, 2.45) is 5.73 Å². The van der Waals surface area contributed by atoms with E-state index in [-0.39, 0.29) is 5.69 Å². The van der Waals surface area contributed by atoms with Crippen molar-refractivity contribution in [1.82, 2.24) is 9.78 Å². The lowest BCUT2D eigenvalue weighted by molar-refractivity contribution is -0.0587. The Bertz CT molecular complexity index is 465. The summed E-state index contributed by atoms with van der Waals surface area (Å²) < 4.78 is 6.78. The molecular formula is C9H12BrN3O5. The number of amides is 1. The van der Waals surface area contributed by atoms with Crippen LogP contribution in [-0.2, 0) is 4.74 Å². The molecule has 5 N–H and O–H groups in total. The number of aromatic nitrogens is 2. The van der Waals surface area contributed by atoms with Crippen LogP contribution in [0.2, 0.25) is 0 Å². The molecular weight excluding hydrogens is 310 g/mol. The van der Waals surface area contributed by atoms with E-state index in [0.717, 1.165) is 0 Å². The second kappa shape index (κ2) is 4.94. The molecule has 1 aliphatic rings. The summed E-state index contributed by atoms with van der Waals surface area (Å²) in [6.07, 6.45) is -2.96. The molecule has 1 saturated heterocycles. The molecule has 0 aromatic carbocycles. The van der Waals surface area contributed by atoms with Crippen molar-refractivity contribution in [2.45, 2.75) is 24.5 Å². The number of rotatable bonds is 3. The molecule has 0 saturated carbocycles. The van der Waals surface area contributed by atoms with E-state index in [9.17, 15) is 15.0 Å². The lowest BCUT2D eigenvalue weighted by atomic mass is 10.1. The average Bonchev–Trinajstić information content (AvgIpc) is 2.82. The van der Waals surface area contributed by atoms with Crippen molar-refractivity contribution in [1.29, 1.82) is 0 Å². The Balaban J connectivity index is 2.27. The van der Waals surface area contributed by atoms with Gasteiger partial charge in [0.1, 0.15) is 18.3 Å². The molecule has 0 radical (unpaired) electrons. The normalized spacial score (nSPS) is 31.8. The van der Waals surface area contributed by atoms with Crippen molar-refractivity contribution in [3.63, 3.8) is 0 Å². The zero-order chi connectivity index (χ0) is 13.4. The Hall–Kier alpha value is -1.00. The molecule has 1 aromatic rings. The highest BCUT2D eigenvalue weighted by Gasteiger charge is 2.44. The van der Waals surface area contributed by atoms with E-state index in [4.69, 9.17) is 15.6 Å². The molecule has 1 fully saturated rings. The average molecular weight is 322 g/mol. The van der Waals surface area contributed by atoms with Crippen molar-refractivity contribution < 1.29 is 24.9 Å². The van der Waals surface area contributed by atoms with Gasteiger partial charge in [0.25, 0.3) is 5.91 Å². The number of carbonyl (C=O) groups is 1. The predicted octanol–water partition coefficient (Wildman–Crippen LogP) is -1.64. The van der Waals surface area contributed by atoms with E-state index in [0.29, 0.717) is 4.47 Å². The van der Waals surface area contributed by atoms with Crippen LogP contribution in [0, 0.1) is 0 Å². The van der Waals surface area contributed by atoms with Crippen LogP contribution in [0.1, 0.15) is 16.7 Å². The van der Waals surface area contributed by atoms with Gasteiger partial charge in [0.2, 0.25) is 0 Å². The summed E-state index contributed by atoms with van der Waals surface area (Å²) in [5, 5.41) is 32.2. The van der Waals surface area contributed by atoms with Gasteiger partial charge >= 0.3 is 0 Å². The Morgan fingerprint density at radius 2 is 2.22 bits per heavy atom. The number of aliphatic hydroxyl groups excluding tert-OH is 3. The van der Waals surface area contributed by atoms with E-state index >= 15 is 0 Å². The maximum absolute atomic E-state index is 11.0. The Kier molecular flexibility index (Phi) is 3.69. The highest BCUT2D eigenvalue weighted by molar-refractivity contribution is 9.10. The molecule has 1 aliphatic heterocycles. The monoisotopic (exact) mass is 321 g/mol. The Labute approximate surface area is 110 Å². The lowest BCUT2D eigenvalue weighted by Crippen LogP contribution is -2.33. The van der Waals surface area contributed by atoms with E-state index < -0.39 is 37.1 Å². The summed E-state index contributed by atoms with van der Waals surface area (Å²) in [4.78, 5) is 11.0. The van der Waals surface area contributed by atoms with Gasteiger partial charge in [-0.15, -0.1) is 0 Å². The third-order valence-corrected chi connectivity index (χ3v) is 3.28. The second-order valence-corrected chi connectivity index (χ2v) is 4.75. The molecule has 2 heterocycles. The van der Waals surface area contributed by atoms with Crippen LogP contribution < -0.4 is 5.73 Å². The summed E-state index contributed by atoms with van der Waals surface area (Å²) in [6.45, 7) is -0.431. The van der Waals surface area contributed by atoms with Crippen LogP contribution in [0.4, 0.5) is 0 Å². The quantitative estimate of drug-likeness (QED) is 0.528. The first-order chi connectivity index (χ1) is 8.45. The number of hydrogen-bond donors (Lipinski definition) is 4. The lowest BCUT2D eigenvalue weighted by Gasteiger charge is -2.14. The van der Waals surface area contributed by atoms with Crippen LogP contribution in [0.3, 0.4) is 0 Å². The molecule has 8 nitrogen and oxygen atoms in total. The highest BCUT2D eigenvalue weighted by Crippen LogP contribution is 2.30. The van der Waals surface area contributed by atoms with Gasteiger partial charge in [0, 0.05) is 6.20 Å². The van der Waals surface area contributed by atoms with Gasteiger partial charge in [-0.05, 0) is 15.9 Å². The zero-order valence-corrected chi connectivity index (χ0v) is 10.7. The first kappa shape index (κ1) is 13.4. The third-order valence-electron chi connectivity index (χ3n) is 2.70. The number of nitrogens with zero attached hydrogens (tertiary/aromatic N) is 2. The maximum Gasteiger partial charge on any atom is 0.270 e. The van der Waals surface area contributed by atoms with Crippen LogP contribution in [0.5, 0.6) is 0 Å². The molecule has 0 bridgehead atoms. The molecule has 1 amide bonds. The number of hydrogen-bond acceptors (Lipinski definition) is 6. The third kappa shape index (κ3) is 2.15. The smallest absolute Gasteiger partial charge is 0.270 e. The highest BCUT2D eigenvalue weighted by atomic mass is 79.9. The number of aliphatic hydroxyl groups is 3. The van der Waals surface area contributed by atoms with Gasteiger partial charge in [-0.3, -0.25) is 4.79 Å². The van der Waals surface area contributed by atoms with E-state index in [2.05, 4.69) is 21.0 Å². The summed E-state index contributed by atoms with van der Waals surface area (Å²) in [5.41, 5.74) is 5.10. The number of ether oxygens (including phenoxy) is 1. The molecule has 0 spiro atoms. The minimum atomic E-state index is -1.25. The summed E-state index contributed by atoms with van der Waals surface area (Å²) >= 11 is 3.10. The summed E-state index contributed by atoms with van der Waals surface area (Å²) in [6, 6.07) is 0. The molecule has 0 unspecified atom stereocenters. The molecule has 18 heavy (non-hydrogen) atoms. The minimum Gasteiger partial charge on any atom is -0.394 e. The largest absolute Gasteiger partial charge is 0.394 e. The summed E-state index contributed by atoms with van der Waals surface area (Å²) in [7, 11) is 0. The van der Waals surface area contributed by atoms with E-state index in [1.165, 1.54) is 10.9 Å². The molecule has 4 atom stereocenters. The number of carbonyl (C=O) groups excluding carboxylic acids is 1. The number of primary amides is 1. The molecule has 1 aromatic heterocycles. The van der Waals surface area contributed by atoms with Gasteiger partial charge in [-0.1, -0.05) is 0 Å². The van der Waals surface area contributed by atoms with Gasteiger partial charge in [0.15, 0.2) is 11.9 Å². The topological polar surface area (TPSA) is 131 Å². The first-order valence-electron chi connectivity index (χ1n) is 5.12. The standard InChI is InChI=1S/C9H12BrN3O5/c10-3-1-13(12-5(3)8(11)17)9-7(16)6(15)4(2-14)18-9/h1,4,6-7,9,14-16H,2H2,(H2,11,17)/t4-,6-,7-,9-/m1/s1. The van der Waals surface area contributed by atoms with Crippen molar-refractivity contribution in [3.8, 4) is 0 Å². The number of halogens is 1. The fraction of sp³-hybridized carbons (Fsp3) is 0.556.